The SMILES string of the molecule is CCN(CC)c1nc(C(C)C)c(C(=O)O)s1. The highest BCUT2D eigenvalue weighted by Crippen LogP contribution is 2.30. The number of thiazole rings is 1. The van der Waals surface area contributed by atoms with Crippen LogP contribution in [0.5, 0.6) is 0 Å². The van der Waals surface area contributed by atoms with Crippen molar-refractivity contribution in [2.75, 3.05) is 18.0 Å². The molecule has 1 rings (SSSR count). The van der Waals surface area contributed by atoms with Crippen LogP contribution in [0, 0.1) is 0 Å². The molecule has 90 valence electrons. The lowest BCUT2D eigenvalue weighted by molar-refractivity contribution is 0.0700. The lowest BCUT2D eigenvalue weighted by Gasteiger charge is -2.16. The molecule has 0 aromatic carbocycles. The highest BCUT2D eigenvalue weighted by molar-refractivity contribution is 7.17. The molecule has 16 heavy (non-hydrogen) atoms. The van der Waals surface area contributed by atoms with Gasteiger partial charge >= 0.3 is 5.97 Å². The van der Waals surface area contributed by atoms with Crippen LogP contribution in [0.3, 0.4) is 0 Å². The van der Waals surface area contributed by atoms with E-state index in [-0.39, 0.29) is 5.92 Å². The Morgan fingerprint density at radius 2 is 2.00 bits per heavy atom. The topological polar surface area (TPSA) is 53.4 Å². The minimum atomic E-state index is -0.875. The van der Waals surface area contributed by atoms with Crippen LogP contribution in [0.15, 0.2) is 0 Å². The molecular weight excluding hydrogens is 224 g/mol. The number of hydrogen-bond donors (Lipinski definition) is 1. The maximum atomic E-state index is 11.1. The summed E-state index contributed by atoms with van der Waals surface area (Å²) in [5, 5.41) is 9.92. The molecule has 0 spiro atoms. The van der Waals surface area contributed by atoms with Crippen LogP contribution in [0.25, 0.3) is 0 Å². The minimum Gasteiger partial charge on any atom is -0.477 e. The van der Waals surface area contributed by atoms with Crippen LogP contribution in [0.1, 0.15) is 49.0 Å². The number of nitrogens with zero attached hydrogens (tertiary/aromatic N) is 2. The highest BCUT2D eigenvalue weighted by atomic mass is 32.1. The molecule has 0 saturated heterocycles. The molecule has 0 saturated carbocycles. The van der Waals surface area contributed by atoms with Crippen molar-refractivity contribution in [1.29, 1.82) is 0 Å². The van der Waals surface area contributed by atoms with Gasteiger partial charge in [0.05, 0.1) is 5.69 Å². The van der Waals surface area contributed by atoms with E-state index >= 15 is 0 Å². The summed E-state index contributed by atoms with van der Waals surface area (Å²) in [6.45, 7) is 9.71. The Hall–Kier alpha value is -1.10. The van der Waals surface area contributed by atoms with Crippen molar-refractivity contribution in [3.63, 3.8) is 0 Å². The molecule has 4 nitrogen and oxygen atoms in total. The van der Waals surface area contributed by atoms with Crippen LogP contribution in [0.4, 0.5) is 5.13 Å². The number of carboxylic acid groups (broad SMARTS) is 1. The second-order valence-corrected chi connectivity index (χ2v) is 4.82. The molecule has 0 radical (unpaired) electrons. The molecule has 1 N–H and O–H groups in total. The molecule has 0 aliphatic rings. The second-order valence-electron chi connectivity index (χ2n) is 3.84. The van der Waals surface area contributed by atoms with Gasteiger partial charge in [-0.05, 0) is 19.8 Å². The van der Waals surface area contributed by atoms with Gasteiger partial charge in [-0.3, -0.25) is 0 Å². The van der Waals surface area contributed by atoms with E-state index in [0.717, 1.165) is 18.2 Å². The lowest BCUT2D eigenvalue weighted by atomic mass is 10.1. The number of hydrogen-bond acceptors (Lipinski definition) is 4. The maximum Gasteiger partial charge on any atom is 0.347 e. The van der Waals surface area contributed by atoms with Gasteiger partial charge in [-0.15, -0.1) is 0 Å². The lowest BCUT2D eigenvalue weighted by Crippen LogP contribution is -2.21. The third-order valence-electron chi connectivity index (χ3n) is 2.42. The summed E-state index contributed by atoms with van der Waals surface area (Å²) in [5.74, 6) is -0.730. The van der Waals surface area contributed by atoms with E-state index in [1.807, 2.05) is 27.7 Å². The number of anilines is 1. The zero-order valence-corrected chi connectivity index (χ0v) is 11.0. The van der Waals surface area contributed by atoms with Gasteiger partial charge in [-0.1, -0.05) is 25.2 Å². The molecule has 0 aliphatic heterocycles. The van der Waals surface area contributed by atoms with Crippen molar-refractivity contribution >= 4 is 22.4 Å². The molecule has 1 aromatic heterocycles. The van der Waals surface area contributed by atoms with Gasteiger partial charge < -0.3 is 10.0 Å². The molecule has 0 fully saturated rings. The van der Waals surface area contributed by atoms with E-state index in [4.69, 9.17) is 5.11 Å². The van der Waals surface area contributed by atoms with Crippen LogP contribution in [0.2, 0.25) is 0 Å². The van der Waals surface area contributed by atoms with Gasteiger partial charge in [0.2, 0.25) is 0 Å². The molecule has 0 amide bonds. The molecule has 5 heteroatoms. The molecule has 1 heterocycles. The third-order valence-corrected chi connectivity index (χ3v) is 3.54. The quantitative estimate of drug-likeness (QED) is 0.862. The Kier molecular flexibility index (Phi) is 4.29. The summed E-state index contributed by atoms with van der Waals surface area (Å²) in [7, 11) is 0. The third kappa shape index (κ3) is 2.52. The van der Waals surface area contributed by atoms with Crippen molar-refractivity contribution in [2.45, 2.75) is 33.6 Å². The smallest absolute Gasteiger partial charge is 0.347 e. The monoisotopic (exact) mass is 242 g/mol. The number of carbonyl (C=O) groups is 1. The largest absolute Gasteiger partial charge is 0.477 e. The molecular formula is C11H18N2O2S. The Morgan fingerprint density at radius 1 is 1.44 bits per heavy atom. The van der Waals surface area contributed by atoms with Crippen molar-refractivity contribution in [1.82, 2.24) is 4.98 Å². The van der Waals surface area contributed by atoms with E-state index in [0.29, 0.717) is 10.6 Å². The van der Waals surface area contributed by atoms with E-state index in [1.54, 1.807) is 0 Å². The Labute approximate surface area is 99.9 Å². The first-order valence-corrected chi connectivity index (χ1v) is 6.31. The summed E-state index contributed by atoms with van der Waals surface area (Å²) in [6.07, 6.45) is 0. The van der Waals surface area contributed by atoms with Crippen LogP contribution in [-0.2, 0) is 0 Å². The fraction of sp³-hybridized carbons (Fsp3) is 0.636. The van der Waals surface area contributed by atoms with Crippen molar-refractivity contribution in [3.05, 3.63) is 10.6 Å². The zero-order chi connectivity index (χ0) is 12.3. The Bertz CT molecular complexity index is 370. The molecule has 0 aliphatic carbocycles. The summed E-state index contributed by atoms with van der Waals surface area (Å²) >= 11 is 1.27. The van der Waals surface area contributed by atoms with Crippen molar-refractivity contribution in [3.8, 4) is 0 Å². The fourth-order valence-corrected chi connectivity index (χ4v) is 2.68. The number of aromatic nitrogens is 1. The van der Waals surface area contributed by atoms with E-state index in [2.05, 4.69) is 9.88 Å². The minimum absolute atomic E-state index is 0.145. The Morgan fingerprint density at radius 3 is 2.31 bits per heavy atom. The second kappa shape index (κ2) is 5.30. The van der Waals surface area contributed by atoms with Crippen molar-refractivity contribution < 1.29 is 9.90 Å². The average Bonchev–Trinajstić information content (AvgIpc) is 2.64. The zero-order valence-electron chi connectivity index (χ0n) is 10.1. The van der Waals surface area contributed by atoms with Gasteiger partial charge in [0.1, 0.15) is 4.88 Å². The van der Waals surface area contributed by atoms with Gasteiger partial charge in [-0.25, -0.2) is 9.78 Å². The van der Waals surface area contributed by atoms with Crippen LogP contribution < -0.4 is 4.90 Å². The van der Waals surface area contributed by atoms with Gasteiger partial charge in [-0.2, -0.15) is 0 Å². The first-order chi connectivity index (χ1) is 7.51. The van der Waals surface area contributed by atoms with Gasteiger partial charge in [0.25, 0.3) is 0 Å². The number of carboxylic acids is 1. The number of rotatable bonds is 5. The molecule has 0 bridgehead atoms. The molecule has 0 atom stereocenters. The highest BCUT2D eigenvalue weighted by Gasteiger charge is 2.21. The van der Waals surface area contributed by atoms with Gasteiger partial charge in [0, 0.05) is 13.1 Å². The number of aromatic carboxylic acids is 1. The first-order valence-electron chi connectivity index (χ1n) is 5.50. The Balaban J connectivity index is 3.15. The van der Waals surface area contributed by atoms with E-state index < -0.39 is 5.97 Å². The summed E-state index contributed by atoms with van der Waals surface area (Å²) in [6, 6.07) is 0. The van der Waals surface area contributed by atoms with E-state index in [9.17, 15) is 4.79 Å². The van der Waals surface area contributed by atoms with Crippen LogP contribution in [-0.4, -0.2) is 29.1 Å². The van der Waals surface area contributed by atoms with Gasteiger partial charge in [0.15, 0.2) is 5.13 Å². The van der Waals surface area contributed by atoms with Crippen molar-refractivity contribution in [2.24, 2.45) is 0 Å². The predicted octanol–water partition coefficient (Wildman–Crippen LogP) is 2.81. The molecule has 0 unspecified atom stereocenters. The first kappa shape index (κ1) is 13.0. The standard InChI is InChI=1S/C11H18N2O2S/c1-5-13(6-2)11-12-8(7(3)4)9(16-11)10(14)15/h7H,5-6H2,1-4H3,(H,14,15). The van der Waals surface area contributed by atoms with E-state index in [1.165, 1.54) is 11.3 Å². The normalized spacial score (nSPS) is 10.8. The summed E-state index contributed by atoms with van der Waals surface area (Å²) in [4.78, 5) is 18.0. The predicted molar refractivity (Wildman–Crippen MR) is 66.7 cm³/mol. The average molecular weight is 242 g/mol. The fourth-order valence-electron chi connectivity index (χ4n) is 1.49. The summed E-state index contributed by atoms with van der Waals surface area (Å²) in [5.41, 5.74) is 0.694. The summed E-state index contributed by atoms with van der Waals surface area (Å²) < 4.78 is 0. The maximum absolute atomic E-state index is 11.1. The molecule has 1 aromatic rings. The van der Waals surface area contributed by atoms with Crippen LogP contribution >= 0.6 is 11.3 Å².